The Morgan fingerprint density at radius 3 is 2.76 bits per heavy atom. The standard InChI is InChI=1S/C14H18FN5O/c1-3-16-10(2)8-17-14(21)13-9-18-20(19-13)12-6-4-11(15)5-7-12/h4-7,9-10,16H,3,8H2,1-2H3,(H,17,21)/t10-/m1/s1. The minimum atomic E-state index is -0.332. The average Bonchev–Trinajstić information content (AvgIpc) is 2.96. The Kier molecular flexibility index (Phi) is 4.99. The fourth-order valence-corrected chi connectivity index (χ4v) is 1.82. The minimum absolute atomic E-state index is 0.186. The van der Waals surface area contributed by atoms with Crippen LogP contribution in [0, 0.1) is 5.82 Å². The van der Waals surface area contributed by atoms with Gasteiger partial charge in [-0.15, -0.1) is 5.10 Å². The van der Waals surface area contributed by atoms with Crippen LogP contribution in [-0.4, -0.2) is 40.0 Å². The summed E-state index contributed by atoms with van der Waals surface area (Å²) in [6.45, 7) is 5.35. The second kappa shape index (κ2) is 6.94. The molecule has 2 aromatic rings. The molecule has 21 heavy (non-hydrogen) atoms. The third-order valence-electron chi connectivity index (χ3n) is 2.90. The summed E-state index contributed by atoms with van der Waals surface area (Å²) in [5, 5.41) is 14.1. The Hall–Kier alpha value is -2.28. The van der Waals surface area contributed by atoms with Gasteiger partial charge < -0.3 is 10.6 Å². The normalized spacial score (nSPS) is 12.1. The lowest BCUT2D eigenvalue weighted by Crippen LogP contribution is -2.38. The van der Waals surface area contributed by atoms with Gasteiger partial charge in [-0.3, -0.25) is 4.79 Å². The third-order valence-corrected chi connectivity index (χ3v) is 2.90. The fraction of sp³-hybridized carbons (Fsp3) is 0.357. The summed E-state index contributed by atoms with van der Waals surface area (Å²) in [7, 11) is 0. The highest BCUT2D eigenvalue weighted by Gasteiger charge is 2.12. The molecular formula is C14H18FN5O. The van der Waals surface area contributed by atoms with Crippen molar-refractivity contribution in [3.63, 3.8) is 0 Å². The average molecular weight is 291 g/mol. The summed E-state index contributed by atoms with van der Waals surface area (Å²) in [6.07, 6.45) is 1.39. The molecule has 0 saturated heterocycles. The van der Waals surface area contributed by atoms with E-state index in [1.807, 2.05) is 13.8 Å². The molecule has 0 radical (unpaired) electrons. The first-order chi connectivity index (χ1) is 10.1. The van der Waals surface area contributed by atoms with E-state index in [9.17, 15) is 9.18 Å². The van der Waals surface area contributed by atoms with E-state index < -0.39 is 0 Å². The molecule has 1 atom stereocenters. The molecule has 6 nitrogen and oxygen atoms in total. The van der Waals surface area contributed by atoms with Crippen molar-refractivity contribution in [3.05, 3.63) is 42.0 Å². The predicted molar refractivity (Wildman–Crippen MR) is 76.8 cm³/mol. The van der Waals surface area contributed by atoms with Gasteiger partial charge in [0.25, 0.3) is 5.91 Å². The van der Waals surface area contributed by atoms with Crippen molar-refractivity contribution in [2.75, 3.05) is 13.1 Å². The van der Waals surface area contributed by atoms with Gasteiger partial charge in [0.1, 0.15) is 5.82 Å². The van der Waals surface area contributed by atoms with Gasteiger partial charge in [0.2, 0.25) is 0 Å². The summed E-state index contributed by atoms with van der Waals surface area (Å²) in [6, 6.07) is 5.91. The Morgan fingerprint density at radius 2 is 2.10 bits per heavy atom. The van der Waals surface area contributed by atoms with Crippen LogP contribution >= 0.6 is 0 Å². The van der Waals surface area contributed by atoms with E-state index in [0.29, 0.717) is 12.2 Å². The molecule has 1 heterocycles. The number of rotatable bonds is 6. The minimum Gasteiger partial charge on any atom is -0.349 e. The van der Waals surface area contributed by atoms with Crippen LogP contribution in [0.15, 0.2) is 30.5 Å². The molecule has 2 rings (SSSR count). The predicted octanol–water partition coefficient (Wildman–Crippen LogP) is 1.13. The van der Waals surface area contributed by atoms with E-state index in [-0.39, 0.29) is 23.5 Å². The maximum atomic E-state index is 12.9. The zero-order valence-electron chi connectivity index (χ0n) is 12.0. The number of likely N-dealkylation sites (N-methyl/N-ethyl adjacent to an activating group) is 1. The van der Waals surface area contributed by atoms with Gasteiger partial charge in [0.05, 0.1) is 11.9 Å². The van der Waals surface area contributed by atoms with Crippen molar-refractivity contribution >= 4 is 5.91 Å². The molecule has 2 N–H and O–H groups in total. The first kappa shape index (κ1) is 15.1. The van der Waals surface area contributed by atoms with Crippen molar-refractivity contribution in [2.24, 2.45) is 0 Å². The largest absolute Gasteiger partial charge is 0.349 e. The van der Waals surface area contributed by atoms with Crippen molar-refractivity contribution in [3.8, 4) is 5.69 Å². The smallest absolute Gasteiger partial charge is 0.273 e. The summed E-state index contributed by atoms with van der Waals surface area (Å²) in [5.41, 5.74) is 0.819. The van der Waals surface area contributed by atoms with Crippen LogP contribution in [0.25, 0.3) is 5.69 Å². The number of nitrogens with one attached hydrogen (secondary N) is 2. The molecule has 0 aliphatic rings. The number of carbonyl (C=O) groups is 1. The number of hydrogen-bond acceptors (Lipinski definition) is 4. The number of benzene rings is 1. The van der Waals surface area contributed by atoms with E-state index >= 15 is 0 Å². The quantitative estimate of drug-likeness (QED) is 0.837. The van der Waals surface area contributed by atoms with E-state index in [1.54, 1.807) is 12.1 Å². The molecule has 1 aromatic heterocycles. The summed E-state index contributed by atoms with van der Waals surface area (Å²) in [4.78, 5) is 13.2. The molecular weight excluding hydrogens is 273 g/mol. The lowest BCUT2D eigenvalue weighted by molar-refractivity contribution is 0.0945. The number of nitrogens with zero attached hydrogens (tertiary/aromatic N) is 3. The van der Waals surface area contributed by atoms with Crippen LogP contribution in [0.1, 0.15) is 24.3 Å². The highest BCUT2D eigenvalue weighted by Crippen LogP contribution is 2.06. The Morgan fingerprint density at radius 1 is 1.38 bits per heavy atom. The Labute approximate surface area is 122 Å². The zero-order valence-corrected chi connectivity index (χ0v) is 12.0. The number of aromatic nitrogens is 3. The number of halogens is 1. The molecule has 0 aliphatic carbocycles. The van der Waals surface area contributed by atoms with Crippen LogP contribution in [0.3, 0.4) is 0 Å². The molecule has 1 amide bonds. The maximum Gasteiger partial charge on any atom is 0.273 e. The number of amides is 1. The highest BCUT2D eigenvalue weighted by molar-refractivity contribution is 5.91. The molecule has 0 saturated carbocycles. The van der Waals surface area contributed by atoms with Gasteiger partial charge in [-0.1, -0.05) is 6.92 Å². The third kappa shape index (κ3) is 4.09. The maximum absolute atomic E-state index is 12.9. The number of carbonyl (C=O) groups excluding carboxylic acids is 1. The van der Waals surface area contributed by atoms with Crippen molar-refractivity contribution in [1.82, 2.24) is 25.6 Å². The van der Waals surface area contributed by atoms with E-state index in [2.05, 4.69) is 20.8 Å². The molecule has 0 aliphatic heterocycles. The summed E-state index contributed by atoms with van der Waals surface area (Å²) >= 11 is 0. The van der Waals surface area contributed by atoms with Crippen LogP contribution in [0.5, 0.6) is 0 Å². The first-order valence-electron chi connectivity index (χ1n) is 6.80. The summed E-state index contributed by atoms with van der Waals surface area (Å²) in [5.74, 6) is -0.616. The molecule has 0 spiro atoms. The van der Waals surface area contributed by atoms with Gasteiger partial charge in [-0.2, -0.15) is 9.90 Å². The fourth-order valence-electron chi connectivity index (χ4n) is 1.82. The van der Waals surface area contributed by atoms with Crippen molar-refractivity contribution in [1.29, 1.82) is 0 Å². The van der Waals surface area contributed by atoms with E-state index in [1.165, 1.54) is 23.1 Å². The lowest BCUT2D eigenvalue weighted by atomic mass is 10.3. The Bertz CT molecular complexity index is 596. The SMILES string of the molecule is CCN[C@H](C)CNC(=O)c1cnn(-c2ccc(F)cc2)n1. The molecule has 0 unspecified atom stereocenters. The molecule has 0 fully saturated rings. The van der Waals surface area contributed by atoms with Gasteiger partial charge in [0.15, 0.2) is 5.69 Å². The second-order valence-corrected chi connectivity index (χ2v) is 4.66. The van der Waals surface area contributed by atoms with Gasteiger partial charge >= 0.3 is 0 Å². The van der Waals surface area contributed by atoms with Crippen molar-refractivity contribution < 1.29 is 9.18 Å². The molecule has 7 heteroatoms. The number of hydrogen-bond donors (Lipinski definition) is 2. The highest BCUT2D eigenvalue weighted by atomic mass is 19.1. The van der Waals surface area contributed by atoms with E-state index in [4.69, 9.17) is 0 Å². The van der Waals surface area contributed by atoms with Crippen LogP contribution in [0.4, 0.5) is 4.39 Å². The van der Waals surface area contributed by atoms with Crippen LogP contribution in [0.2, 0.25) is 0 Å². The molecule has 0 bridgehead atoms. The van der Waals surface area contributed by atoms with Gasteiger partial charge in [-0.25, -0.2) is 4.39 Å². The van der Waals surface area contributed by atoms with Gasteiger partial charge in [0, 0.05) is 12.6 Å². The van der Waals surface area contributed by atoms with Gasteiger partial charge in [-0.05, 0) is 37.7 Å². The zero-order chi connectivity index (χ0) is 15.2. The topological polar surface area (TPSA) is 71.8 Å². The summed E-state index contributed by atoms with van der Waals surface area (Å²) < 4.78 is 12.9. The van der Waals surface area contributed by atoms with E-state index in [0.717, 1.165) is 6.54 Å². The Balaban J connectivity index is 1.99. The van der Waals surface area contributed by atoms with Crippen LogP contribution < -0.4 is 10.6 Å². The molecule has 112 valence electrons. The monoisotopic (exact) mass is 291 g/mol. The first-order valence-corrected chi connectivity index (χ1v) is 6.80. The van der Waals surface area contributed by atoms with Crippen LogP contribution in [-0.2, 0) is 0 Å². The van der Waals surface area contributed by atoms with Crippen molar-refractivity contribution in [2.45, 2.75) is 19.9 Å². The lowest BCUT2D eigenvalue weighted by Gasteiger charge is -2.12. The molecule has 1 aromatic carbocycles. The second-order valence-electron chi connectivity index (χ2n) is 4.66.